The van der Waals surface area contributed by atoms with E-state index >= 15 is 0 Å². The Labute approximate surface area is 194 Å². The van der Waals surface area contributed by atoms with Crippen LogP contribution in [0, 0.1) is 0 Å². The van der Waals surface area contributed by atoms with E-state index in [1.807, 2.05) is 12.1 Å². The Bertz CT molecular complexity index is 785. The average molecular weight is 387 g/mol. The third-order valence-electron chi connectivity index (χ3n) is 4.55. The first-order valence-electron chi connectivity index (χ1n) is 8.98. The van der Waals surface area contributed by atoms with Crippen molar-refractivity contribution in [2.75, 3.05) is 0 Å². The molecular weight excluding hydrogens is 359 g/mol. The molecule has 0 aromatic heterocycles. The molecule has 0 saturated heterocycles. The molecule has 132 valence electrons. The van der Waals surface area contributed by atoms with E-state index in [0.717, 1.165) is 66.8 Å². The van der Waals surface area contributed by atoms with Crippen molar-refractivity contribution < 1.29 is 64.4 Å². The smallest absolute Gasteiger partial charge is 0.744 e. The zero-order valence-corrected chi connectivity index (χ0v) is 19.6. The number of hydrogen-bond donors (Lipinski definition) is 0. The number of benzene rings is 2. The first-order valence-corrected chi connectivity index (χ1v) is 10.4. The third-order valence-corrected chi connectivity index (χ3v) is 5.47. The molecule has 0 saturated carbocycles. The van der Waals surface area contributed by atoms with Gasteiger partial charge in [0.2, 0.25) is 0 Å². The van der Waals surface area contributed by atoms with E-state index in [-0.39, 0.29) is 56.3 Å². The van der Waals surface area contributed by atoms with Gasteiger partial charge in [-0.25, -0.2) is 8.42 Å². The van der Waals surface area contributed by atoms with Gasteiger partial charge in [0, 0.05) is 0 Å². The molecule has 0 aliphatic heterocycles. The third kappa shape index (κ3) is 6.42. The van der Waals surface area contributed by atoms with Crippen LogP contribution in [-0.4, -0.2) is 13.0 Å². The summed E-state index contributed by atoms with van der Waals surface area (Å²) in [5, 5.41) is 2.02. The molecule has 0 unspecified atom stereocenters. The molecule has 2 rings (SSSR count). The minimum Gasteiger partial charge on any atom is -0.744 e. The Balaban J connectivity index is 0.00000312. The van der Waals surface area contributed by atoms with Crippen molar-refractivity contribution in [2.45, 2.75) is 70.1 Å². The molecule has 0 heterocycles. The second kappa shape index (κ2) is 11.2. The second-order valence-corrected chi connectivity index (χ2v) is 7.77. The minimum atomic E-state index is -4.45. The molecule has 0 radical (unpaired) electrons. The monoisotopic (exact) mass is 386 g/mol. The van der Waals surface area contributed by atoms with Crippen molar-refractivity contribution in [2.24, 2.45) is 0 Å². The van der Waals surface area contributed by atoms with Crippen LogP contribution in [0.2, 0.25) is 0 Å². The fraction of sp³-hybridized carbons (Fsp3) is 0.500. The minimum absolute atomic E-state index is 0. The largest absolute Gasteiger partial charge is 1.00 e. The maximum Gasteiger partial charge on any atom is 1.00 e. The number of fused-ring (bicyclic) bond motifs is 1. The molecule has 2 aromatic carbocycles. The standard InChI is InChI=1S/C20H28O3S.K/c1-3-5-7-10-16-11-9-12-17-14-15-19(24(21,22)23)18(20(16)17)13-8-6-4-2;/h9,11-12,14-15H,3-8,10,13H2,1-2H3,(H,21,22,23);/q;+1/p-1. The normalized spacial score (nSPS) is 11.5. The summed E-state index contributed by atoms with van der Waals surface area (Å²) in [4.78, 5) is -0.0333. The Kier molecular flexibility index (Phi) is 10.4. The average Bonchev–Trinajstić information content (AvgIpc) is 2.54. The fourth-order valence-electron chi connectivity index (χ4n) is 3.32. The molecule has 5 heteroatoms. The van der Waals surface area contributed by atoms with Gasteiger partial charge in [-0.3, -0.25) is 0 Å². The number of rotatable bonds is 9. The van der Waals surface area contributed by atoms with Crippen LogP contribution in [0.15, 0.2) is 35.2 Å². The molecule has 0 aliphatic rings. The molecule has 2 aromatic rings. The summed E-state index contributed by atoms with van der Waals surface area (Å²) in [6.07, 6.45) is 7.95. The number of unbranched alkanes of at least 4 members (excludes halogenated alkanes) is 4. The van der Waals surface area contributed by atoms with Gasteiger partial charge in [-0.1, -0.05) is 63.8 Å². The van der Waals surface area contributed by atoms with Crippen molar-refractivity contribution in [1.29, 1.82) is 0 Å². The zero-order valence-electron chi connectivity index (χ0n) is 15.7. The quantitative estimate of drug-likeness (QED) is 0.377. The SMILES string of the molecule is CCCCCc1cccc2ccc(S(=O)(=O)[O-])c(CCCCC)c12.[K+]. The van der Waals surface area contributed by atoms with E-state index in [9.17, 15) is 13.0 Å². The first kappa shape index (κ1) is 23.3. The van der Waals surface area contributed by atoms with Crippen LogP contribution in [0.5, 0.6) is 0 Å². The summed E-state index contributed by atoms with van der Waals surface area (Å²) in [7, 11) is -4.45. The van der Waals surface area contributed by atoms with Crippen molar-refractivity contribution in [3.63, 3.8) is 0 Å². The summed E-state index contributed by atoms with van der Waals surface area (Å²) in [5.74, 6) is 0. The van der Waals surface area contributed by atoms with E-state index in [1.54, 1.807) is 6.07 Å². The maximum atomic E-state index is 11.7. The van der Waals surface area contributed by atoms with Gasteiger partial charge >= 0.3 is 51.4 Å². The Hall–Kier alpha value is 0.246. The van der Waals surface area contributed by atoms with Crippen LogP contribution in [0.3, 0.4) is 0 Å². The molecule has 0 amide bonds. The Morgan fingerprint density at radius 2 is 1.52 bits per heavy atom. The summed E-state index contributed by atoms with van der Waals surface area (Å²) in [5.41, 5.74) is 1.89. The van der Waals surface area contributed by atoms with Crippen LogP contribution >= 0.6 is 0 Å². The molecule has 25 heavy (non-hydrogen) atoms. The summed E-state index contributed by atoms with van der Waals surface area (Å²) >= 11 is 0. The van der Waals surface area contributed by atoms with Crippen LogP contribution in [0.25, 0.3) is 10.8 Å². The molecule has 0 bridgehead atoms. The van der Waals surface area contributed by atoms with Gasteiger partial charge < -0.3 is 4.55 Å². The molecule has 3 nitrogen and oxygen atoms in total. The first-order chi connectivity index (χ1) is 11.5. The number of aryl methyl sites for hydroxylation is 2. The van der Waals surface area contributed by atoms with Gasteiger partial charge in [0.05, 0.1) is 4.90 Å². The van der Waals surface area contributed by atoms with Crippen molar-refractivity contribution in [3.8, 4) is 0 Å². The van der Waals surface area contributed by atoms with Gasteiger partial charge in [-0.2, -0.15) is 0 Å². The predicted octanol–water partition coefficient (Wildman–Crippen LogP) is 2.21. The van der Waals surface area contributed by atoms with Gasteiger partial charge in [-0.05, 0) is 53.6 Å². The van der Waals surface area contributed by atoms with E-state index in [4.69, 9.17) is 0 Å². The van der Waals surface area contributed by atoms with E-state index in [1.165, 1.54) is 6.07 Å². The molecule has 0 fully saturated rings. The van der Waals surface area contributed by atoms with E-state index in [0.29, 0.717) is 6.42 Å². The van der Waals surface area contributed by atoms with Gasteiger partial charge in [0.15, 0.2) is 0 Å². The van der Waals surface area contributed by atoms with E-state index < -0.39 is 10.1 Å². The van der Waals surface area contributed by atoms with Crippen molar-refractivity contribution in [1.82, 2.24) is 0 Å². The van der Waals surface area contributed by atoms with Gasteiger partial charge in [0.1, 0.15) is 10.1 Å². The zero-order chi connectivity index (χ0) is 17.6. The van der Waals surface area contributed by atoms with Crippen LogP contribution in [0.1, 0.15) is 63.5 Å². The van der Waals surface area contributed by atoms with Gasteiger partial charge in [0.25, 0.3) is 0 Å². The molecular formula is C20H27KO3S. The van der Waals surface area contributed by atoms with Crippen LogP contribution < -0.4 is 51.4 Å². The molecule has 0 atom stereocenters. The molecule has 0 aliphatic carbocycles. The second-order valence-electron chi connectivity index (χ2n) is 6.43. The summed E-state index contributed by atoms with van der Waals surface area (Å²) < 4.78 is 35.2. The topological polar surface area (TPSA) is 57.2 Å². The van der Waals surface area contributed by atoms with E-state index in [2.05, 4.69) is 19.9 Å². The van der Waals surface area contributed by atoms with Crippen LogP contribution in [-0.2, 0) is 23.0 Å². The summed E-state index contributed by atoms with van der Waals surface area (Å²) in [6.45, 7) is 4.28. The van der Waals surface area contributed by atoms with Crippen molar-refractivity contribution in [3.05, 3.63) is 41.5 Å². The van der Waals surface area contributed by atoms with Crippen molar-refractivity contribution >= 4 is 20.9 Å². The maximum absolute atomic E-state index is 11.7. The van der Waals surface area contributed by atoms with Crippen LogP contribution in [0.4, 0.5) is 0 Å². The van der Waals surface area contributed by atoms with Gasteiger partial charge in [-0.15, -0.1) is 0 Å². The molecule has 0 N–H and O–H groups in total. The molecule has 0 spiro atoms. The summed E-state index contributed by atoms with van der Waals surface area (Å²) in [6, 6.07) is 9.35. The Morgan fingerprint density at radius 3 is 2.12 bits per heavy atom. The fourth-order valence-corrected chi connectivity index (χ4v) is 4.06. The number of hydrogen-bond acceptors (Lipinski definition) is 3. The Morgan fingerprint density at radius 1 is 0.880 bits per heavy atom. The predicted molar refractivity (Wildman–Crippen MR) is 98.4 cm³/mol.